The summed E-state index contributed by atoms with van der Waals surface area (Å²) in [5, 5.41) is 10.5. The second-order valence-corrected chi connectivity index (χ2v) is 7.05. The molecule has 0 heterocycles. The van der Waals surface area contributed by atoms with Crippen LogP contribution in [0.2, 0.25) is 6.04 Å². The first-order valence-corrected chi connectivity index (χ1v) is 9.09. The van der Waals surface area contributed by atoms with Gasteiger partial charge < -0.3 is 13.3 Å². The Morgan fingerprint density at radius 3 is 2.24 bits per heavy atom. The van der Waals surface area contributed by atoms with E-state index in [1.807, 2.05) is 13.8 Å². The Balaban J connectivity index is 4.26. The monoisotopic (exact) mass is 277 g/mol. The maximum atomic E-state index is 8.47. The molecule has 6 heteroatoms. The van der Waals surface area contributed by atoms with E-state index in [-0.39, 0.29) is 0 Å². The molecule has 4 nitrogen and oxygen atoms in total. The maximum Gasteiger partial charge on any atom is 0.500 e. The molecular formula is C11H23NO3SSi. The van der Waals surface area contributed by atoms with Crippen molar-refractivity contribution in [2.75, 3.05) is 25.6 Å². The third kappa shape index (κ3) is 7.79. The summed E-state index contributed by atoms with van der Waals surface area (Å²) in [5.74, 6) is 0.806. The first-order valence-electron chi connectivity index (χ1n) is 6.17. The molecule has 0 fully saturated rings. The Hall–Kier alpha value is -0.0631. The molecule has 0 aromatic rings. The predicted molar refractivity (Wildman–Crippen MR) is 72.7 cm³/mol. The minimum atomic E-state index is -2.49. The summed E-state index contributed by atoms with van der Waals surface area (Å²) in [6.45, 7) is 7.89. The number of thiocyanates is 1. The number of nitriles is 1. The quantitative estimate of drug-likeness (QED) is 0.330. The fourth-order valence-electron chi connectivity index (χ4n) is 1.45. The number of hydrogen-bond acceptors (Lipinski definition) is 5. The molecule has 100 valence electrons. The summed E-state index contributed by atoms with van der Waals surface area (Å²) in [6.07, 6.45) is 1.86. The molecule has 0 aromatic carbocycles. The Morgan fingerprint density at radius 1 is 1.12 bits per heavy atom. The molecule has 0 rings (SSSR count). The van der Waals surface area contributed by atoms with Crippen LogP contribution < -0.4 is 0 Å². The van der Waals surface area contributed by atoms with Gasteiger partial charge in [-0.05, 0) is 38.5 Å². The highest BCUT2D eigenvalue weighted by atomic mass is 32.2. The zero-order valence-corrected chi connectivity index (χ0v) is 12.8. The first-order chi connectivity index (χ1) is 8.24. The topological polar surface area (TPSA) is 51.5 Å². The molecule has 0 saturated heterocycles. The van der Waals surface area contributed by atoms with Crippen molar-refractivity contribution in [3.8, 4) is 5.40 Å². The number of nitrogens with zero attached hydrogens (tertiary/aromatic N) is 1. The Morgan fingerprint density at radius 2 is 1.76 bits per heavy atom. The van der Waals surface area contributed by atoms with Gasteiger partial charge in [-0.15, -0.1) is 0 Å². The average Bonchev–Trinajstić information content (AvgIpc) is 2.33. The van der Waals surface area contributed by atoms with E-state index in [0.717, 1.165) is 24.6 Å². The molecule has 0 saturated carbocycles. The van der Waals surface area contributed by atoms with E-state index in [1.54, 1.807) is 0 Å². The van der Waals surface area contributed by atoms with Crippen LogP contribution in [0.25, 0.3) is 0 Å². The van der Waals surface area contributed by atoms with Gasteiger partial charge in [-0.3, -0.25) is 0 Å². The van der Waals surface area contributed by atoms with Crippen LogP contribution in [0.5, 0.6) is 0 Å². The summed E-state index contributed by atoms with van der Waals surface area (Å²) in [6, 6.07) is 0.795. The zero-order valence-electron chi connectivity index (χ0n) is 11.0. The van der Waals surface area contributed by atoms with Crippen molar-refractivity contribution in [1.82, 2.24) is 0 Å². The van der Waals surface area contributed by atoms with Crippen LogP contribution in [0, 0.1) is 10.7 Å². The smallest absolute Gasteiger partial charge is 0.374 e. The van der Waals surface area contributed by atoms with E-state index in [9.17, 15) is 0 Å². The molecule has 0 spiro atoms. The Bertz CT molecular complexity index is 217. The van der Waals surface area contributed by atoms with Gasteiger partial charge in [0.1, 0.15) is 5.40 Å². The standard InChI is InChI=1S/C11H23NO3SSi/c1-4-8-15-17(13-5-2,14-6-3)10-7-9-16-11-12/h4-10H2,1-3H3. The largest absolute Gasteiger partial charge is 0.500 e. The number of hydrogen-bond donors (Lipinski definition) is 0. The van der Waals surface area contributed by atoms with Crippen molar-refractivity contribution in [3.63, 3.8) is 0 Å². The van der Waals surface area contributed by atoms with Crippen molar-refractivity contribution >= 4 is 20.6 Å². The van der Waals surface area contributed by atoms with E-state index in [0.29, 0.717) is 19.8 Å². The highest BCUT2D eigenvalue weighted by Gasteiger charge is 2.39. The highest BCUT2D eigenvalue weighted by Crippen LogP contribution is 2.19. The molecule has 0 aliphatic heterocycles. The SMILES string of the molecule is CCCO[Si](CCCSC#N)(OCC)OCC. The molecule has 0 bridgehead atoms. The maximum absolute atomic E-state index is 8.47. The third-order valence-electron chi connectivity index (χ3n) is 2.05. The fraction of sp³-hybridized carbons (Fsp3) is 0.909. The second-order valence-electron chi connectivity index (χ2n) is 3.44. The van der Waals surface area contributed by atoms with Gasteiger partial charge in [0.15, 0.2) is 0 Å². The molecule has 0 aromatic heterocycles. The minimum Gasteiger partial charge on any atom is -0.374 e. The van der Waals surface area contributed by atoms with Crippen LogP contribution in [0.3, 0.4) is 0 Å². The summed E-state index contributed by atoms with van der Waals surface area (Å²) in [4.78, 5) is 0. The Labute approximate surface area is 110 Å². The van der Waals surface area contributed by atoms with E-state index in [2.05, 4.69) is 12.3 Å². The molecular weight excluding hydrogens is 254 g/mol. The van der Waals surface area contributed by atoms with Gasteiger partial charge in [0, 0.05) is 31.6 Å². The van der Waals surface area contributed by atoms with Crippen LogP contribution in [-0.4, -0.2) is 34.4 Å². The molecule has 0 amide bonds. The van der Waals surface area contributed by atoms with Crippen molar-refractivity contribution in [2.45, 2.75) is 39.7 Å². The van der Waals surface area contributed by atoms with E-state index < -0.39 is 8.80 Å². The normalized spacial score (nSPS) is 11.4. The fourth-order valence-corrected chi connectivity index (χ4v) is 4.77. The van der Waals surface area contributed by atoms with Gasteiger partial charge in [-0.2, -0.15) is 5.26 Å². The van der Waals surface area contributed by atoms with E-state index >= 15 is 0 Å². The highest BCUT2D eigenvalue weighted by molar-refractivity contribution is 8.03. The zero-order chi connectivity index (χ0) is 13.0. The molecule has 0 aliphatic rings. The van der Waals surface area contributed by atoms with Gasteiger partial charge >= 0.3 is 8.80 Å². The number of rotatable bonds is 11. The summed E-state index contributed by atoms with van der Waals surface area (Å²) >= 11 is 1.27. The molecule has 0 radical (unpaired) electrons. The molecule has 17 heavy (non-hydrogen) atoms. The minimum absolute atomic E-state index is 0.612. The van der Waals surface area contributed by atoms with Crippen molar-refractivity contribution in [3.05, 3.63) is 0 Å². The molecule has 0 unspecified atom stereocenters. The second kappa shape index (κ2) is 11.1. The van der Waals surface area contributed by atoms with Gasteiger partial charge in [-0.25, -0.2) is 0 Å². The van der Waals surface area contributed by atoms with Crippen LogP contribution >= 0.6 is 11.8 Å². The lowest BCUT2D eigenvalue weighted by Gasteiger charge is -2.28. The number of thioether (sulfide) groups is 1. The third-order valence-corrected chi connectivity index (χ3v) is 5.74. The van der Waals surface area contributed by atoms with Crippen LogP contribution in [-0.2, 0) is 13.3 Å². The van der Waals surface area contributed by atoms with Crippen LogP contribution in [0.4, 0.5) is 0 Å². The average molecular weight is 277 g/mol. The van der Waals surface area contributed by atoms with Gasteiger partial charge in [0.2, 0.25) is 0 Å². The van der Waals surface area contributed by atoms with E-state index in [4.69, 9.17) is 18.5 Å². The van der Waals surface area contributed by atoms with Crippen LogP contribution in [0.15, 0.2) is 0 Å². The van der Waals surface area contributed by atoms with Gasteiger partial charge in [-0.1, -0.05) is 6.92 Å². The lowest BCUT2D eigenvalue weighted by atomic mass is 10.5. The van der Waals surface area contributed by atoms with Crippen molar-refractivity contribution in [2.24, 2.45) is 0 Å². The Kier molecular flexibility index (Phi) is 11.0. The summed E-state index contributed by atoms with van der Waals surface area (Å²) in [7, 11) is -2.49. The lowest BCUT2D eigenvalue weighted by molar-refractivity contribution is 0.0670. The lowest BCUT2D eigenvalue weighted by Crippen LogP contribution is -2.46. The molecule has 0 atom stereocenters. The van der Waals surface area contributed by atoms with Crippen molar-refractivity contribution < 1.29 is 13.3 Å². The summed E-state index contributed by atoms with van der Waals surface area (Å²) < 4.78 is 17.4. The van der Waals surface area contributed by atoms with E-state index in [1.165, 1.54) is 11.8 Å². The molecule has 0 N–H and O–H groups in total. The van der Waals surface area contributed by atoms with Crippen molar-refractivity contribution in [1.29, 1.82) is 5.26 Å². The molecule has 0 aliphatic carbocycles. The first kappa shape index (κ1) is 16.9. The van der Waals surface area contributed by atoms with Gasteiger partial charge in [0.25, 0.3) is 0 Å². The predicted octanol–water partition coefficient (Wildman–Crippen LogP) is 3.03. The van der Waals surface area contributed by atoms with Crippen LogP contribution in [0.1, 0.15) is 33.6 Å². The van der Waals surface area contributed by atoms with Gasteiger partial charge in [0.05, 0.1) is 0 Å². The summed E-state index contributed by atoms with van der Waals surface area (Å²) in [5.41, 5.74) is 0.